The van der Waals surface area contributed by atoms with Gasteiger partial charge in [0.25, 0.3) is 0 Å². The Morgan fingerprint density at radius 1 is 1.39 bits per heavy atom. The monoisotopic (exact) mass is 396 g/mol. The molecule has 1 atom stereocenters. The summed E-state index contributed by atoms with van der Waals surface area (Å²) in [5, 5.41) is 7.68. The summed E-state index contributed by atoms with van der Waals surface area (Å²) in [6.07, 6.45) is 3.58. The average molecular weight is 398 g/mol. The van der Waals surface area contributed by atoms with Crippen LogP contribution in [0.1, 0.15) is 24.8 Å². The molecule has 7 heteroatoms. The number of halogens is 3. The van der Waals surface area contributed by atoms with Gasteiger partial charge < -0.3 is 10.6 Å². The van der Waals surface area contributed by atoms with Crippen LogP contribution in [-0.4, -0.2) is 31.3 Å². The zero-order valence-electron chi connectivity index (χ0n) is 12.9. The van der Waals surface area contributed by atoms with Crippen LogP contribution in [0, 0.1) is 5.92 Å². The fourth-order valence-corrected chi connectivity index (χ4v) is 3.95. The molecule has 0 spiro atoms. The number of carbonyl (C=O) groups is 1. The summed E-state index contributed by atoms with van der Waals surface area (Å²) in [5.41, 5.74) is 1.01. The van der Waals surface area contributed by atoms with Gasteiger partial charge in [-0.3, -0.25) is 4.79 Å². The van der Waals surface area contributed by atoms with Gasteiger partial charge in [0.1, 0.15) is 0 Å². The third kappa shape index (κ3) is 7.99. The van der Waals surface area contributed by atoms with Crippen LogP contribution in [0.2, 0.25) is 10.0 Å². The summed E-state index contributed by atoms with van der Waals surface area (Å²) in [4.78, 5) is 11.8. The molecule has 1 aromatic rings. The van der Waals surface area contributed by atoms with Gasteiger partial charge in [0.2, 0.25) is 5.91 Å². The molecule has 1 fully saturated rings. The highest BCUT2D eigenvalue weighted by atomic mass is 35.5. The maximum absolute atomic E-state index is 11.8. The van der Waals surface area contributed by atoms with Crippen molar-refractivity contribution in [3.63, 3.8) is 0 Å². The Hall–Kier alpha value is -0.130. The van der Waals surface area contributed by atoms with Crippen LogP contribution >= 0.6 is 47.4 Å². The van der Waals surface area contributed by atoms with Crippen molar-refractivity contribution in [2.24, 2.45) is 5.92 Å². The van der Waals surface area contributed by atoms with Crippen LogP contribution in [0.3, 0.4) is 0 Å². The van der Waals surface area contributed by atoms with Gasteiger partial charge in [-0.15, -0.1) is 24.2 Å². The Balaban J connectivity index is 0.00000264. The maximum atomic E-state index is 11.8. The van der Waals surface area contributed by atoms with Crippen LogP contribution < -0.4 is 10.6 Å². The van der Waals surface area contributed by atoms with E-state index in [0.29, 0.717) is 21.7 Å². The van der Waals surface area contributed by atoms with E-state index >= 15 is 0 Å². The number of benzene rings is 1. The van der Waals surface area contributed by atoms with Gasteiger partial charge in [0.05, 0.1) is 5.75 Å². The minimum atomic E-state index is 0. The molecule has 1 aliphatic heterocycles. The number of piperidine rings is 1. The number of hydrogen-bond acceptors (Lipinski definition) is 3. The van der Waals surface area contributed by atoms with E-state index in [-0.39, 0.29) is 18.3 Å². The molecule has 1 amide bonds. The fourth-order valence-electron chi connectivity index (χ4n) is 2.53. The Morgan fingerprint density at radius 3 is 2.91 bits per heavy atom. The van der Waals surface area contributed by atoms with Crippen molar-refractivity contribution < 1.29 is 4.79 Å². The number of hydrogen-bond donors (Lipinski definition) is 2. The van der Waals surface area contributed by atoms with Crippen molar-refractivity contribution in [2.75, 3.05) is 25.4 Å². The van der Waals surface area contributed by atoms with Crippen LogP contribution in [0.25, 0.3) is 0 Å². The van der Waals surface area contributed by atoms with Gasteiger partial charge in [-0.2, -0.15) is 0 Å². The van der Waals surface area contributed by atoms with Crippen LogP contribution in [0.4, 0.5) is 0 Å². The molecule has 23 heavy (non-hydrogen) atoms. The van der Waals surface area contributed by atoms with E-state index in [1.54, 1.807) is 17.8 Å². The lowest BCUT2D eigenvalue weighted by molar-refractivity contribution is -0.118. The summed E-state index contributed by atoms with van der Waals surface area (Å²) < 4.78 is 0. The molecule has 1 saturated heterocycles. The number of nitrogens with one attached hydrogen (secondary N) is 2. The Bertz CT molecular complexity index is 496. The molecule has 0 saturated carbocycles. The average Bonchev–Trinajstić information content (AvgIpc) is 2.50. The molecule has 1 aliphatic rings. The SMILES string of the molecule is Cl.O=C(CSCc1ccc(Cl)cc1Cl)NCCC1CCCNC1. The largest absolute Gasteiger partial charge is 0.355 e. The smallest absolute Gasteiger partial charge is 0.230 e. The van der Waals surface area contributed by atoms with E-state index in [1.807, 2.05) is 12.1 Å². The van der Waals surface area contributed by atoms with Gasteiger partial charge >= 0.3 is 0 Å². The summed E-state index contributed by atoms with van der Waals surface area (Å²) in [5.74, 6) is 1.98. The lowest BCUT2D eigenvalue weighted by atomic mass is 9.96. The highest BCUT2D eigenvalue weighted by Crippen LogP contribution is 2.24. The first-order valence-electron chi connectivity index (χ1n) is 7.64. The van der Waals surface area contributed by atoms with Gasteiger partial charge in [-0.1, -0.05) is 29.3 Å². The van der Waals surface area contributed by atoms with Gasteiger partial charge in [0.15, 0.2) is 0 Å². The minimum absolute atomic E-state index is 0. The van der Waals surface area contributed by atoms with E-state index in [1.165, 1.54) is 12.8 Å². The molecule has 0 aromatic heterocycles. The second-order valence-corrected chi connectivity index (χ2v) is 7.41. The lowest BCUT2D eigenvalue weighted by Gasteiger charge is -2.22. The van der Waals surface area contributed by atoms with Gasteiger partial charge in [-0.25, -0.2) is 0 Å². The quantitative estimate of drug-likeness (QED) is 0.726. The topological polar surface area (TPSA) is 41.1 Å². The summed E-state index contributed by atoms with van der Waals surface area (Å²) >= 11 is 13.5. The third-order valence-corrected chi connectivity index (χ3v) is 5.35. The molecule has 0 aliphatic carbocycles. The van der Waals surface area contributed by atoms with Crippen molar-refractivity contribution in [2.45, 2.75) is 25.0 Å². The van der Waals surface area contributed by atoms with Crippen molar-refractivity contribution >= 4 is 53.3 Å². The second-order valence-electron chi connectivity index (χ2n) is 5.58. The second kappa shape index (κ2) is 11.4. The molecule has 0 radical (unpaired) electrons. The summed E-state index contributed by atoms with van der Waals surface area (Å²) in [6, 6.07) is 5.46. The lowest BCUT2D eigenvalue weighted by Crippen LogP contribution is -2.33. The molecular weight excluding hydrogens is 375 g/mol. The predicted molar refractivity (Wildman–Crippen MR) is 103 cm³/mol. The summed E-state index contributed by atoms with van der Waals surface area (Å²) in [7, 11) is 0. The molecule has 1 aromatic carbocycles. The highest BCUT2D eigenvalue weighted by Gasteiger charge is 2.12. The van der Waals surface area contributed by atoms with Crippen molar-refractivity contribution in [3.8, 4) is 0 Å². The Morgan fingerprint density at radius 2 is 2.22 bits per heavy atom. The highest BCUT2D eigenvalue weighted by molar-refractivity contribution is 7.99. The maximum Gasteiger partial charge on any atom is 0.230 e. The zero-order valence-corrected chi connectivity index (χ0v) is 16.1. The number of carbonyl (C=O) groups excluding carboxylic acids is 1. The van der Waals surface area contributed by atoms with E-state index in [0.717, 1.165) is 37.4 Å². The molecule has 130 valence electrons. The Labute approximate surface area is 158 Å². The third-order valence-electron chi connectivity index (χ3n) is 3.78. The minimum Gasteiger partial charge on any atom is -0.355 e. The van der Waals surface area contributed by atoms with Crippen LogP contribution in [0.5, 0.6) is 0 Å². The Kier molecular flexibility index (Phi) is 10.4. The molecule has 1 heterocycles. The van der Waals surface area contributed by atoms with E-state index in [9.17, 15) is 4.79 Å². The van der Waals surface area contributed by atoms with Crippen molar-refractivity contribution in [1.29, 1.82) is 0 Å². The number of thioether (sulfide) groups is 1. The standard InChI is InChI=1S/C16H22Cl2N2OS.ClH/c17-14-4-3-13(15(18)8-14)10-22-11-16(21)20-7-5-12-2-1-6-19-9-12;/h3-4,8,12,19H,1-2,5-7,9-11H2,(H,20,21);1H. The first-order valence-corrected chi connectivity index (χ1v) is 9.55. The number of amides is 1. The normalized spacial score (nSPS) is 17.4. The van der Waals surface area contributed by atoms with Crippen molar-refractivity contribution in [3.05, 3.63) is 33.8 Å². The predicted octanol–water partition coefficient (Wildman–Crippen LogP) is 4.15. The fraction of sp³-hybridized carbons (Fsp3) is 0.562. The van der Waals surface area contributed by atoms with Crippen molar-refractivity contribution in [1.82, 2.24) is 10.6 Å². The van der Waals surface area contributed by atoms with E-state index in [4.69, 9.17) is 23.2 Å². The molecule has 2 N–H and O–H groups in total. The molecular formula is C16H23Cl3N2OS. The first kappa shape index (κ1) is 20.9. The van der Waals surface area contributed by atoms with E-state index < -0.39 is 0 Å². The molecule has 3 nitrogen and oxygen atoms in total. The first-order chi connectivity index (χ1) is 10.6. The molecule has 0 bridgehead atoms. The zero-order chi connectivity index (χ0) is 15.8. The molecule has 1 unspecified atom stereocenters. The van der Waals surface area contributed by atoms with Crippen LogP contribution in [0.15, 0.2) is 18.2 Å². The van der Waals surface area contributed by atoms with Gasteiger partial charge in [0, 0.05) is 22.3 Å². The number of rotatable bonds is 7. The van der Waals surface area contributed by atoms with E-state index in [2.05, 4.69) is 10.6 Å². The van der Waals surface area contributed by atoms with Gasteiger partial charge in [-0.05, 0) is 56.0 Å². The van der Waals surface area contributed by atoms with Crippen LogP contribution in [-0.2, 0) is 10.5 Å². The molecule has 2 rings (SSSR count). The summed E-state index contributed by atoms with van der Waals surface area (Å²) in [6.45, 7) is 2.99.